The fraction of sp³-hybridized carbons (Fsp3) is 0.429. The molecule has 0 aliphatic rings. The highest BCUT2D eigenvalue weighted by Crippen LogP contribution is 2.06. The molecule has 0 saturated heterocycles. The lowest BCUT2D eigenvalue weighted by atomic mass is 10.2. The van der Waals surface area contributed by atoms with Crippen LogP contribution >= 0.6 is 11.3 Å². The molecule has 19 heavy (non-hydrogen) atoms. The predicted octanol–water partition coefficient (Wildman–Crippen LogP) is 2.62. The van der Waals surface area contributed by atoms with Gasteiger partial charge in [0.1, 0.15) is 0 Å². The average molecular weight is 277 g/mol. The molecule has 2 rings (SSSR count). The Morgan fingerprint density at radius 3 is 3.00 bits per heavy atom. The summed E-state index contributed by atoms with van der Waals surface area (Å²) < 4.78 is 1.71. The standard InChI is InChI=1S/C14H19N3OS/c1-11(2)9-17-7-6-16-13(14(17)18)15-5-3-12-4-8-19-10-12/h4,6-8,10-11H,3,5,9H2,1-2H3,(H,15,16). The molecule has 1 N–H and O–H groups in total. The van der Waals surface area contributed by atoms with Crippen molar-refractivity contribution < 1.29 is 0 Å². The van der Waals surface area contributed by atoms with E-state index in [0.717, 1.165) is 19.5 Å². The summed E-state index contributed by atoms with van der Waals surface area (Å²) in [6.45, 7) is 5.64. The summed E-state index contributed by atoms with van der Waals surface area (Å²) in [6, 6.07) is 2.10. The molecule has 0 amide bonds. The summed E-state index contributed by atoms with van der Waals surface area (Å²) in [5, 5.41) is 7.31. The Morgan fingerprint density at radius 2 is 2.32 bits per heavy atom. The van der Waals surface area contributed by atoms with Crippen LogP contribution in [-0.2, 0) is 13.0 Å². The lowest BCUT2D eigenvalue weighted by Gasteiger charge is -2.10. The van der Waals surface area contributed by atoms with Crippen molar-refractivity contribution in [2.75, 3.05) is 11.9 Å². The topological polar surface area (TPSA) is 46.9 Å². The van der Waals surface area contributed by atoms with Gasteiger partial charge in [0, 0.05) is 25.5 Å². The molecule has 0 atom stereocenters. The molecule has 5 heteroatoms. The molecule has 0 radical (unpaired) electrons. The average Bonchev–Trinajstić information content (AvgIpc) is 2.86. The summed E-state index contributed by atoms with van der Waals surface area (Å²) in [4.78, 5) is 16.3. The van der Waals surface area contributed by atoms with Crippen molar-refractivity contribution >= 4 is 17.2 Å². The van der Waals surface area contributed by atoms with Crippen LogP contribution in [0.25, 0.3) is 0 Å². The maximum Gasteiger partial charge on any atom is 0.293 e. The first kappa shape index (κ1) is 13.8. The Kier molecular flexibility index (Phi) is 4.74. The molecule has 0 saturated carbocycles. The summed E-state index contributed by atoms with van der Waals surface area (Å²) in [6.07, 6.45) is 4.33. The Morgan fingerprint density at radius 1 is 1.47 bits per heavy atom. The van der Waals surface area contributed by atoms with E-state index < -0.39 is 0 Å². The molecular weight excluding hydrogens is 258 g/mol. The van der Waals surface area contributed by atoms with E-state index in [0.29, 0.717) is 11.7 Å². The molecule has 2 heterocycles. The number of thiophene rings is 1. The number of anilines is 1. The van der Waals surface area contributed by atoms with Gasteiger partial charge in [-0.1, -0.05) is 13.8 Å². The fourth-order valence-electron chi connectivity index (χ4n) is 1.87. The summed E-state index contributed by atoms with van der Waals surface area (Å²) in [5.74, 6) is 0.886. The van der Waals surface area contributed by atoms with E-state index in [1.54, 1.807) is 28.3 Å². The first-order valence-corrected chi connectivity index (χ1v) is 7.41. The molecule has 102 valence electrons. The van der Waals surface area contributed by atoms with Crippen molar-refractivity contribution in [2.45, 2.75) is 26.8 Å². The van der Waals surface area contributed by atoms with Gasteiger partial charge in [-0.3, -0.25) is 4.79 Å². The van der Waals surface area contributed by atoms with E-state index in [1.165, 1.54) is 5.56 Å². The maximum atomic E-state index is 12.1. The fourth-order valence-corrected chi connectivity index (χ4v) is 2.57. The summed E-state index contributed by atoms with van der Waals surface area (Å²) >= 11 is 1.69. The van der Waals surface area contributed by atoms with Crippen LogP contribution in [0.15, 0.2) is 34.0 Å². The largest absolute Gasteiger partial charge is 0.365 e. The van der Waals surface area contributed by atoms with Crippen molar-refractivity contribution in [3.63, 3.8) is 0 Å². The van der Waals surface area contributed by atoms with Crippen LogP contribution in [0.3, 0.4) is 0 Å². The highest BCUT2D eigenvalue weighted by molar-refractivity contribution is 7.07. The van der Waals surface area contributed by atoms with Gasteiger partial charge in [0.15, 0.2) is 5.82 Å². The van der Waals surface area contributed by atoms with Crippen LogP contribution in [-0.4, -0.2) is 16.1 Å². The second kappa shape index (κ2) is 6.52. The molecule has 2 aromatic heterocycles. The SMILES string of the molecule is CC(C)Cn1ccnc(NCCc2ccsc2)c1=O. The van der Waals surface area contributed by atoms with Crippen LogP contribution in [0.5, 0.6) is 0 Å². The van der Waals surface area contributed by atoms with Gasteiger partial charge >= 0.3 is 0 Å². The molecule has 0 unspecified atom stereocenters. The van der Waals surface area contributed by atoms with Gasteiger partial charge in [0.2, 0.25) is 0 Å². The van der Waals surface area contributed by atoms with Gasteiger partial charge in [-0.2, -0.15) is 11.3 Å². The zero-order valence-electron chi connectivity index (χ0n) is 11.3. The lowest BCUT2D eigenvalue weighted by Crippen LogP contribution is -2.26. The molecule has 0 aromatic carbocycles. The highest BCUT2D eigenvalue weighted by atomic mass is 32.1. The minimum atomic E-state index is -0.0403. The molecule has 0 spiro atoms. The van der Waals surface area contributed by atoms with Crippen molar-refractivity contribution in [1.82, 2.24) is 9.55 Å². The molecular formula is C14H19N3OS. The quantitative estimate of drug-likeness (QED) is 0.883. The molecule has 0 fully saturated rings. The second-order valence-electron chi connectivity index (χ2n) is 4.94. The van der Waals surface area contributed by atoms with Gasteiger partial charge < -0.3 is 9.88 Å². The molecule has 0 aliphatic carbocycles. The lowest BCUT2D eigenvalue weighted by molar-refractivity contribution is 0.509. The number of hydrogen-bond donors (Lipinski definition) is 1. The van der Waals surface area contributed by atoms with Crippen LogP contribution in [0, 0.1) is 5.92 Å². The zero-order valence-corrected chi connectivity index (χ0v) is 12.1. The summed E-state index contributed by atoms with van der Waals surface area (Å²) in [7, 11) is 0. The number of aromatic nitrogens is 2. The Hall–Kier alpha value is -1.62. The highest BCUT2D eigenvalue weighted by Gasteiger charge is 2.05. The second-order valence-corrected chi connectivity index (χ2v) is 5.72. The van der Waals surface area contributed by atoms with E-state index in [2.05, 4.69) is 41.0 Å². The smallest absolute Gasteiger partial charge is 0.293 e. The Balaban J connectivity index is 1.98. The third-order valence-electron chi connectivity index (χ3n) is 2.76. The van der Waals surface area contributed by atoms with Crippen molar-refractivity contribution in [3.8, 4) is 0 Å². The Bertz CT molecular complexity index is 560. The van der Waals surface area contributed by atoms with Crippen LogP contribution in [0.2, 0.25) is 0 Å². The van der Waals surface area contributed by atoms with Gasteiger partial charge in [-0.25, -0.2) is 4.98 Å². The van der Waals surface area contributed by atoms with Crippen LogP contribution in [0.4, 0.5) is 5.82 Å². The van der Waals surface area contributed by atoms with Crippen LogP contribution < -0.4 is 10.9 Å². The van der Waals surface area contributed by atoms with Crippen LogP contribution in [0.1, 0.15) is 19.4 Å². The van der Waals surface area contributed by atoms with Gasteiger partial charge in [0.25, 0.3) is 5.56 Å². The molecule has 0 bridgehead atoms. The van der Waals surface area contributed by atoms with E-state index in [-0.39, 0.29) is 5.56 Å². The third-order valence-corrected chi connectivity index (χ3v) is 3.49. The van der Waals surface area contributed by atoms with Gasteiger partial charge in [-0.05, 0) is 34.7 Å². The predicted molar refractivity (Wildman–Crippen MR) is 79.8 cm³/mol. The van der Waals surface area contributed by atoms with E-state index in [9.17, 15) is 4.79 Å². The van der Waals surface area contributed by atoms with E-state index >= 15 is 0 Å². The first-order chi connectivity index (χ1) is 9.16. The number of rotatable bonds is 6. The zero-order chi connectivity index (χ0) is 13.7. The minimum Gasteiger partial charge on any atom is -0.365 e. The Labute approximate surface area is 117 Å². The maximum absolute atomic E-state index is 12.1. The first-order valence-electron chi connectivity index (χ1n) is 6.47. The minimum absolute atomic E-state index is 0.0403. The van der Waals surface area contributed by atoms with Crippen molar-refractivity contribution in [1.29, 1.82) is 0 Å². The molecule has 4 nitrogen and oxygen atoms in total. The summed E-state index contributed by atoms with van der Waals surface area (Å²) in [5.41, 5.74) is 1.25. The number of hydrogen-bond acceptors (Lipinski definition) is 4. The van der Waals surface area contributed by atoms with E-state index in [1.807, 2.05) is 0 Å². The molecule has 0 aliphatic heterocycles. The normalized spacial score (nSPS) is 10.9. The number of nitrogens with one attached hydrogen (secondary N) is 1. The number of nitrogens with zero attached hydrogens (tertiary/aromatic N) is 2. The van der Waals surface area contributed by atoms with Crippen molar-refractivity contribution in [3.05, 3.63) is 45.1 Å². The van der Waals surface area contributed by atoms with E-state index in [4.69, 9.17) is 0 Å². The van der Waals surface area contributed by atoms with Gasteiger partial charge in [0.05, 0.1) is 0 Å². The van der Waals surface area contributed by atoms with Crippen molar-refractivity contribution in [2.24, 2.45) is 5.92 Å². The molecule has 2 aromatic rings. The monoisotopic (exact) mass is 277 g/mol. The van der Waals surface area contributed by atoms with Gasteiger partial charge in [-0.15, -0.1) is 0 Å². The third kappa shape index (κ3) is 3.92.